The van der Waals surface area contributed by atoms with E-state index >= 15 is 0 Å². The van der Waals surface area contributed by atoms with Gasteiger partial charge in [-0.1, -0.05) is 13.0 Å². The third-order valence-corrected chi connectivity index (χ3v) is 6.05. The Morgan fingerprint density at radius 2 is 2.10 bits per heavy atom. The summed E-state index contributed by atoms with van der Waals surface area (Å²) in [6.07, 6.45) is 2.61. The minimum Gasteiger partial charge on any atom is -0.257 e. The van der Waals surface area contributed by atoms with Gasteiger partial charge in [-0.2, -0.15) is 12.7 Å². The minimum absolute atomic E-state index is 0.383. The van der Waals surface area contributed by atoms with Crippen LogP contribution in [0.4, 0.5) is 10.1 Å². The third-order valence-electron chi connectivity index (χ3n) is 4.12. The number of hydrogen-bond acceptors (Lipinski definition) is 2. The van der Waals surface area contributed by atoms with Gasteiger partial charge in [-0.15, -0.1) is 0 Å². The summed E-state index contributed by atoms with van der Waals surface area (Å²) in [7, 11) is -3.52. The second-order valence-electron chi connectivity index (χ2n) is 5.71. The van der Waals surface area contributed by atoms with Crippen molar-refractivity contribution in [3.63, 3.8) is 0 Å². The zero-order chi connectivity index (χ0) is 14.3. The number of fused-ring (bicyclic) bond motifs is 1. The van der Waals surface area contributed by atoms with Crippen molar-refractivity contribution in [1.29, 1.82) is 0 Å². The van der Waals surface area contributed by atoms with Gasteiger partial charge in [0.1, 0.15) is 5.82 Å². The molecule has 0 aliphatic carbocycles. The Kier molecular flexibility index (Phi) is 3.46. The van der Waals surface area contributed by atoms with E-state index < -0.39 is 16.0 Å². The SMILES string of the molecule is C[C@H]1CCCN(S(=O)(=O)N2CCc3ccc(F)cc32)C1. The van der Waals surface area contributed by atoms with Crippen LogP contribution in [0.2, 0.25) is 0 Å². The maximum Gasteiger partial charge on any atom is 0.304 e. The van der Waals surface area contributed by atoms with E-state index in [0.717, 1.165) is 18.4 Å². The monoisotopic (exact) mass is 298 g/mol. The fourth-order valence-electron chi connectivity index (χ4n) is 3.06. The average Bonchev–Trinajstić information content (AvgIpc) is 2.82. The van der Waals surface area contributed by atoms with E-state index in [1.807, 2.05) is 0 Å². The summed E-state index contributed by atoms with van der Waals surface area (Å²) in [5.41, 5.74) is 1.41. The molecule has 110 valence electrons. The van der Waals surface area contributed by atoms with Crippen LogP contribution in [0.25, 0.3) is 0 Å². The van der Waals surface area contributed by atoms with Crippen molar-refractivity contribution in [2.75, 3.05) is 23.9 Å². The number of piperidine rings is 1. The molecule has 1 aromatic rings. The number of hydrogen-bond donors (Lipinski definition) is 0. The Morgan fingerprint density at radius 1 is 1.30 bits per heavy atom. The maximum atomic E-state index is 13.4. The maximum absolute atomic E-state index is 13.4. The van der Waals surface area contributed by atoms with Gasteiger partial charge in [0.2, 0.25) is 0 Å². The van der Waals surface area contributed by atoms with Crippen molar-refractivity contribution in [1.82, 2.24) is 4.31 Å². The molecule has 1 fully saturated rings. The number of benzene rings is 1. The molecule has 20 heavy (non-hydrogen) atoms. The summed E-state index contributed by atoms with van der Waals surface area (Å²) in [6.45, 7) is 3.60. The van der Waals surface area contributed by atoms with Gasteiger partial charge in [-0.3, -0.25) is 4.31 Å². The molecule has 6 heteroatoms. The van der Waals surface area contributed by atoms with Crippen molar-refractivity contribution in [2.24, 2.45) is 5.92 Å². The van der Waals surface area contributed by atoms with Crippen LogP contribution in [-0.2, 0) is 16.6 Å². The van der Waals surface area contributed by atoms with Crippen LogP contribution in [0.5, 0.6) is 0 Å². The third kappa shape index (κ3) is 2.31. The van der Waals surface area contributed by atoms with Crippen molar-refractivity contribution >= 4 is 15.9 Å². The van der Waals surface area contributed by atoms with Gasteiger partial charge < -0.3 is 0 Å². The number of anilines is 1. The van der Waals surface area contributed by atoms with Crippen LogP contribution < -0.4 is 4.31 Å². The second kappa shape index (κ2) is 5.00. The first-order chi connectivity index (χ1) is 9.48. The van der Waals surface area contributed by atoms with Crippen LogP contribution in [0.15, 0.2) is 18.2 Å². The molecule has 1 aromatic carbocycles. The lowest BCUT2D eigenvalue weighted by molar-refractivity contribution is 0.280. The van der Waals surface area contributed by atoms with E-state index in [4.69, 9.17) is 0 Å². The first kappa shape index (κ1) is 13.8. The fourth-order valence-corrected chi connectivity index (χ4v) is 4.88. The lowest BCUT2D eigenvalue weighted by atomic mass is 10.0. The molecule has 2 aliphatic rings. The molecule has 0 N–H and O–H groups in total. The highest BCUT2D eigenvalue weighted by atomic mass is 32.2. The second-order valence-corrected chi connectivity index (χ2v) is 7.56. The highest BCUT2D eigenvalue weighted by Crippen LogP contribution is 2.33. The fraction of sp³-hybridized carbons (Fsp3) is 0.571. The Balaban J connectivity index is 1.92. The van der Waals surface area contributed by atoms with E-state index in [9.17, 15) is 12.8 Å². The van der Waals surface area contributed by atoms with Gasteiger partial charge in [0.15, 0.2) is 0 Å². The van der Waals surface area contributed by atoms with Gasteiger partial charge in [-0.25, -0.2) is 4.39 Å². The average molecular weight is 298 g/mol. The first-order valence-corrected chi connectivity index (χ1v) is 8.44. The Bertz CT molecular complexity index is 618. The highest BCUT2D eigenvalue weighted by Gasteiger charge is 2.36. The van der Waals surface area contributed by atoms with E-state index in [1.165, 1.54) is 16.4 Å². The molecule has 0 radical (unpaired) electrons. The van der Waals surface area contributed by atoms with Crippen LogP contribution >= 0.6 is 0 Å². The summed E-state index contributed by atoms with van der Waals surface area (Å²) >= 11 is 0. The summed E-state index contributed by atoms with van der Waals surface area (Å²) in [4.78, 5) is 0. The Labute approximate surface area is 119 Å². The van der Waals surface area contributed by atoms with Crippen LogP contribution in [0, 0.1) is 11.7 Å². The largest absolute Gasteiger partial charge is 0.304 e. The standard InChI is InChI=1S/C14H19FN2O2S/c1-11-3-2-7-16(10-11)20(18,19)17-8-6-12-4-5-13(15)9-14(12)17/h4-5,9,11H,2-3,6-8,10H2,1H3/t11-/m0/s1. The molecule has 0 amide bonds. The molecule has 0 aromatic heterocycles. The van der Waals surface area contributed by atoms with Crippen molar-refractivity contribution in [3.05, 3.63) is 29.6 Å². The van der Waals surface area contributed by atoms with Crippen LogP contribution in [0.3, 0.4) is 0 Å². The van der Waals surface area contributed by atoms with Crippen molar-refractivity contribution in [3.8, 4) is 0 Å². The van der Waals surface area contributed by atoms with Gasteiger partial charge in [-0.05, 0) is 42.9 Å². The first-order valence-electron chi connectivity index (χ1n) is 7.05. The number of halogens is 1. The molecule has 0 spiro atoms. The Hall–Kier alpha value is -1.14. The molecule has 2 heterocycles. The predicted molar refractivity (Wildman–Crippen MR) is 76.3 cm³/mol. The molecule has 3 rings (SSSR count). The van der Waals surface area contributed by atoms with E-state index in [2.05, 4.69) is 6.92 Å². The van der Waals surface area contributed by atoms with Crippen LogP contribution in [-0.4, -0.2) is 32.4 Å². The van der Waals surface area contributed by atoms with E-state index in [-0.39, 0.29) is 0 Å². The summed E-state index contributed by atoms with van der Waals surface area (Å²) in [5.74, 6) is -0.00836. The quantitative estimate of drug-likeness (QED) is 0.839. The molecular weight excluding hydrogens is 279 g/mol. The molecule has 1 atom stereocenters. The van der Waals surface area contributed by atoms with Crippen molar-refractivity contribution < 1.29 is 12.8 Å². The number of nitrogens with zero attached hydrogens (tertiary/aromatic N) is 2. The molecular formula is C14H19FN2O2S. The summed E-state index contributed by atoms with van der Waals surface area (Å²) < 4.78 is 41.8. The van der Waals surface area contributed by atoms with Gasteiger partial charge >= 0.3 is 10.2 Å². The zero-order valence-corrected chi connectivity index (χ0v) is 12.4. The Morgan fingerprint density at radius 3 is 2.85 bits per heavy atom. The number of rotatable bonds is 2. The normalized spacial score (nSPS) is 23.9. The molecule has 0 bridgehead atoms. The molecule has 0 unspecified atom stereocenters. The lowest BCUT2D eigenvalue weighted by Crippen LogP contribution is -2.47. The predicted octanol–water partition coefficient (Wildman–Crippen LogP) is 2.16. The minimum atomic E-state index is -3.52. The summed E-state index contributed by atoms with van der Waals surface area (Å²) in [5, 5.41) is 0. The van der Waals surface area contributed by atoms with Crippen LogP contribution in [0.1, 0.15) is 25.3 Å². The van der Waals surface area contributed by atoms with Gasteiger partial charge in [0, 0.05) is 19.6 Å². The molecule has 4 nitrogen and oxygen atoms in total. The molecule has 0 saturated carbocycles. The summed E-state index contributed by atoms with van der Waals surface area (Å²) in [6, 6.07) is 4.39. The van der Waals surface area contributed by atoms with E-state index in [0.29, 0.717) is 37.7 Å². The molecule has 1 saturated heterocycles. The van der Waals surface area contributed by atoms with Gasteiger partial charge in [0.25, 0.3) is 0 Å². The molecule has 2 aliphatic heterocycles. The van der Waals surface area contributed by atoms with Crippen molar-refractivity contribution in [2.45, 2.75) is 26.2 Å². The highest BCUT2D eigenvalue weighted by molar-refractivity contribution is 7.90. The topological polar surface area (TPSA) is 40.6 Å². The smallest absolute Gasteiger partial charge is 0.257 e. The zero-order valence-electron chi connectivity index (χ0n) is 11.5. The lowest BCUT2D eigenvalue weighted by Gasteiger charge is -2.33. The van der Waals surface area contributed by atoms with E-state index in [1.54, 1.807) is 10.4 Å². The van der Waals surface area contributed by atoms with Gasteiger partial charge in [0.05, 0.1) is 5.69 Å².